The van der Waals surface area contributed by atoms with E-state index in [0.717, 1.165) is 36.6 Å². The van der Waals surface area contributed by atoms with Gasteiger partial charge in [0.2, 0.25) is 0 Å². The summed E-state index contributed by atoms with van der Waals surface area (Å²) in [6.07, 6.45) is 4.04. The van der Waals surface area contributed by atoms with Gasteiger partial charge in [-0.2, -0.15) is 0 Å². The van der Waals surface area contributed by atoms with Crippen LogP contribution in [0.1, 0.15) is 12.8 Å². The Labute approximate surface area is 97.1 Å². The first-order valence-electron chi connectivity index (χ1n) is 5.38. The zero-order chi connectivity index (χ0) is 11.8. The zero-order valence-corrected chi connectivity index (χ0v) is 9.95. The molecule has 0 bridgehead atoms. The summed E-state index contributed by atoms with van der Waals surface area (Å²) in [6, 6.07) is 5.82. The van der Waals surface area contributed by atoms with Crippen LogP contribution in [0, 0.1) is 0 Å². The van der Waals surface area contributed by atoms with E-state index in [1.807, 2.05) is 24.3 Å². The maximum atomic E-state index is 5.22. The summed E-state index contributed by atoms with van der Waals surface area (Å²) in [7, 11) is 3.27. The van der Waals surface area contributed by atoms with Gasteiger partial charge >= 0.3 is 0 Å². The molecule has 0 saturated carbocycles. The molecule has 0 unspecified atom stereocenters. The first-order valence-corrected chi connectivity index (χ1v) is 5.38. The molecule has 0 saturated heterocycles. The SMILES string of the molecule is C=CCCCNc1ccc(OC)c(OC)c1. The normalized spacial score (nSPS) is 9.62. The molecule has 88 valence electrons. The number of methoxy groups -OCH3 is 2. The largest absolute Gasteiger partial charge is 0.493 e. The number of anilines is 1. The minimum Gasteiger partial charge on any atom is -0.493 e. The molecule has 0 heterocycles. The van der Waals surface area contributed by atoms with Crippen LogP contribution in [0.15, 0.2) is 30.9 Å². The van der Waals surface area contributed by atoms with Crippen molar-refractivity contribution in [2.24, 2.45) is 0 Å². The van der Waals surface area contributed by atoms with Gasteiger partial charge in [0.15, 0.2) is 11.5 Å². The highest BCUT2D eigenvalue weighted by Gasteiger charge is 2.03. The van der Waals surface area contributed by atoms with Crippen molar-refractivity contribution >= 4 is 5.69 Å². The minimum absolute atomic E-state index is 0.747. The Hall–Kier alpha value is -1.64. The van der Waals surface area contributed by atoms with Crippen molar-refractivity contribution in [3.05, 3.63) is 30.9 Å². The van der Waals surface area contributed by atoms with Crippen molar-refractivity contribution in [2.45, 2.75) is 12.8 Å². The fourth-order valence-corrected chi connectivity index (χ4v) is 1.43. The molecular formula is C13H19NO2. The molecule has 0 radical (unpaired) electrons. The highest BCUT2D eigenvalue weighted by molar-refractivity contribution is 5.54. The zero-order valence-electron chi connectivity index (χ0n) is 9.95. The van der Waals surface area contributed by atoms with Gasteiger partial charge in [0.05, 0.1) is 14.2 Å². The lowest BCUT2D eigenvalue weighted by Crippen LogP contribution is -2.01. The number of ether oxygens (including phenoxy) is 2. The number of allylic oxidation sites excluding steroid dienone is 1. The van der Waals surface area contributed by atoms with E-state index in [-0.39, 0.29) is 0 Å². The van der Waals surface area contributed by atoms with E-state index < -0.39 is 0 Å². The Morgan fingerprint density at radius 3 is 2.62 bits per heavy atom. The monoisotopic (exact) mass is 221 g/mol. The van der Waals surface area contributed by atoms with Gasteiger partial charge in [-0.25, -0.2) is 0 Å². The van der Waals surface area contributed by atoms with Gasteiger partial charge in [-0.05, 0) is 25.0 Å². The van der Waals surface area contributed by atoms with Crippen LogP contribution in [0.3, 0.4) is 0 Å². The van der Waals surface area contributed by atoms with Crippen LogP contribution in [0.4, 0.5) is 5.69 Å². The van der Waals surface area contributed by atoms with Crippen LogP contribution in [0.2, 0.25) is 0 Å². The van der Waals surface area contributed by atoms with E-state index in [4.69, 9.17) is 9.47 Å². The van der Waals surface area contributed by atoms with Crippen LogP contribution >= 0.6 is 0 Å². The number of hydrogen-bond donors (Lipinski definition) is 1. The van der Waals surface area contributed by atoms with Crippen molar-refractivity contribution in [2.75, 3.05) is 26.1 Å². The molecule has 0 aliphatic rings. The second kappa shape index (κ2) is 6.77. The van der Waals surface area contributed by atoms with Crippen LogP contribution in [0.25, 0.3) is 0 Å². The number of rotatable bonds is 7. The van der Waals surface area contributed by atoms with E-state index in [1.54, 1.807) is 14.2 Å². The Bertz CT molecular complexity index is 337. The Balaban J connectivity index is 2.57. The van der Waals surface area contributed by atoms with Crippen LogP contribution in [0.5, 0.6) is 11.5 Å². The van der Waals surface area contributed by atoms with Crippen LogP contribution in [-0.4, -0.2) is 20.8 Å². The molecular weight excluding hydrogens is 202 g/mol. The predicted molar refractivity (Wildman–Crippen MR) is 67.5 cm³/mol. The Morgan fingerprint density at radius 2 is 2.00 bits per heavy atom. The molecule has 1 aromatic carbocycles. The third kappa shape index (κ3) is 3.50. The molecule has 0 aliphatic carbocycles. The fraction of sp³-hybridized carbons (Fsp3) is 0.385. The highest BCUT2D eigenvalue weighted by atomic mass is 16.5. The third-order valence-electron chi connectivity index (χ3n) is 2.30. The second-order valence-corrected chi connectivity index (χ2v) is 3.43. The molecule has 1 rings (SSSR count). The third-order valence-corrected chi connectivity index (χ3v) is 2.30. The first kappa shape index (κ1) is 12.4. The number of benzene rings is 1. The molecule has 16 heavy (non-hydrogen) atoms. The summed E-state index contributed by atoms with van der Waals surface area (Å²) in [5.41, 5.74) is 1.04. The van der Waals surface area contributed by atoms with Gasteiger partial charge < -0.3 is 14.8 Å². The molecule has 0 spiro atoms. The van der Waals surface area contributed by atoms with Crippen LogP contribution in [-0.2, 0) is 0 Å². The van der Waals surface area contributed by atoms with Gasteiger partial charge in [0.1, 0.15) is 0 Å². The fourth-order valence-electron chi connectivity index (χ4n) is 1.43. The summed E-state index contributed by atoms with van der Waals surface area (Å²) in [6.45, 7) is 4.62. The first-order chi connectivity index (χ1) is 7.81. The molecule has 0 atom stereocenters. The maximum absolute atomic E-state index is 5.22. The quantitative estimate of drug-likeness (QED) is 0.567. The van der Waals surface area contributed by atoms with Crippen molar-refractivity contribution in [1.29, 1.82) is 0 Å². The van der Waals surface area contributed by atoms with E-state index in [2.05, 4.69) is 11.9 Å². The molecule has 3 heteroatoms. The smallest absolute Gasteiger partial charge is 0.162 e. The topological polar surface area (TPSA) is 30.5 Å². The van der Waals surface area contributed by atoms with Crippen molar-refractivity contribution in [3.63, 3.8) is 0 Å². The van der Waals surface area contributed by atoms with Gasteiger partial charge in [0, 0.05) is 18.3 Å². The molecule has 0 fully saturated rings. The van der Waals surface area contributed by atoms with E-state index in [0.29, 0.717) is 0 Å². The van der Waals surface area contributed by atoms with E-state index >= 15 is 0 Å². The molecule has 0 amide bonds. The maximum Gasteiger partial charge on any atom is 0.162 e. The summed E-state index contributed by atoms with van der Waals surface area (Å²) < 4.78 is 10.4. The summed E-state index contributed by atoms with van der Waals surface area (Å²) in [5, 5.41) is 3.32. The number of nitrogens with one attached hydrogen (secondary N) is 1. The highest BCUT2D eigenvalue weighted by Crippen LogP contribution is 2.29. The van der Waals surface area contributed by atoms with Gasteiger partial charge in [-0.15, -0.1) is 6.58 Å². The second-order valence-electron chi connectivity index (χ2n) is 3.43. The molecule has 0 aromatic heterocycles. The summed E-state index contributed by atoms with van der Waals surface area (Å²) in [4.78, 5) is 0. The van der Waals surface area contributed by atoms with Gasteiger partial charge in [-0.1, -0.05) is 6.08 Å². The average Bonchev–Trinajstić information content (AvgIpc) is 2.34. The standard InChI is InChI=1S/C13H19NO2/c1-4-5-6-9-14-11-7-8-12(15-2)13(10-11)16-3/h4,7-8,10,14H,1,5-6,9H2,2-3H3. The number of hydrogen-bond acceptors (Lipinski definition) is 3. The Morgan fingerprint density at radius 1 is 1.25 bits per heavy atom. The lowest BCUT2D eigenvalue weighted by atomic mass is 10.2. The van der Waals surface area contributed by atoms with E-state index in [9.17, 15) is 0 Å². The lowest BCUT2D eigenvalue weighted by molar-refractivity contribution is 0.355. The predicted octanol–water partition coefficient (Wildman–Crippen LogP) is 3.08. The van der Waals surface area contributed by atoms with Crippen molar-refractivity contribution in [3.8, 4) is 11.5 Å². The van der Waals surface area contributed by atoms with Gasteiger partial charge in [-0.3, -0.25) is 0 Å². The average molecular weight is 221 g/mol. The molecule has 1 aromatic rings. The lowest BCUT2D eigenvalue weighted by Gasteiger charge is -2.10. The number of unbranched alkanes of at least 4 members (excludes halogenated alkanes) is 1. The molecule has 0 aliphatic heterocycles. The Kier molecular flexibility index (Phi) is 5.26. The molecule has 3 nitrogen and oxygen atoms in total. The van der Waals surface area contributed by atoms with Crippen LogP contribution < -0.4 is 14.8 Å². The van der Waals surface area contributed by atoms with Crippen molar-refractivity contribution in [1.82, 2.24) is 0 Å². The van der Waals surface area contributed by atoms with Gasteiger partial charge in [0.25, 0.3) is 0 Å². The van der Waals surface area contributed by atoms with E-state index in [1.165, 1.54) is 0 Å². The summed E-state index contributed by atoms with van der Waals surface area (Å²) in [5.74, 6) is 1.50. The van der Waals surface area contributed by atoms with Crippen molar-refractivity contribution < 1.29 is 9.47 Å². The molecule has 1 N–H and O–H groups in total. The minimum atomic E-state index is 0.747. The summed E-state index contributed by atoms with van der Waals surface area (Å²) >= 11 is 0.